The second kappa shape index (κ2) is 8.30. The number of nitrogens with zero attached hydrogens (tertiary/aromatic N) is 1. The van der Waals surface area contributed by atoms with Gasteiger partial charge in [0, 0.05) is 42.2 Å². The number of aromatic nitrogens is 1. The minimum absolute atomic E-state index is 0.00858. The molecule has 4 rings (SSSR count). The minimum atomic E-state index is -0.579. The lowest BCUT2D eigenvalue weighted by Crippen LogP contribution is -2.51. The Balaban J connectivity index is 1.58. The molecule has 0 aliphatic carbocycles. The van der Waals surface area contributed by atoms with Gasteiger partial charge in [-0.2, -0.15) is 0 Å². The van der Waals surface area contributed by atoms with E-state index in [1.54, 1.807) is 12.1 Å². The van der Waals surface area contributed by atoms with Gasteiger partial charge in [-0.1, -0.05) is 36.4 Å². The van der Waals surface area contributed by atoms with Gasteiger partial charge < -0.3 is 15.2 Å². The SMILES string of the molecule is O=C(N[C@@H](Cc1c[nH]c2ccccc12)C(=O)N1CCCCC1)c1ccccc1. The van der Waals surface area contributed by atoms with Crippen LogP contribution in [0.3, 0.4) is 0 Å². The Morgan fingerprint density at radius 1 is 0.964 bits per heavy atom. The summed E-state index contributed by atoms with van der Waals surface area (Å²) in [5.41, 5.74) is 2.65. The maximum absolute atomic E-state index is 13.2. The molecule has 2 amide bonds. The molecular formula is C23H25N3O2. The second-order valence-corrected chi connectivity index (χ2v) is 7.34. The number of fused-ring (bicyclic) bond motifs is 1. The van der Waals surface area contributed by atoms with Crippen molar-refractivity contribution in [3.63, 3.8) is 0 Å². The van der Waals surface area contributed by atoms with E-state index in [0.717, 1.165) is 48.8 Å². The average molecular weight is 375 g/mol. The fourth-order valence-electron chi connectivity index (χ4n) is 3.89. The van der Waals surface area contributed by atoms with Gasteiger partial charge in [-0.25, -0.2) is 0 Å². The van der Waals surface area contributed by atoms with E-state index in [4.69, 9.17) is 0 Å². The summed E-state index contributed by atoms with van der Waals surface area (Å²) >= 11 is 0. The third-order valence-corrected chi connectivity index (χ3v) is 5.41. The monoisotopic (exact) mass is 375 g/mol. The number of amides is 2. The molecule has 1 atom stereocenters. The standard InChI is InChI=1S/C23H25N3O2/c27-22(17-9-3-1-4-10-17)25-21(23(28)26-13-7-2-8-14-26)15-18-16-24-20-12-6-5-11-19(18)20/h1,3-6,9-12,16,21,24H,2,7-8,13-15H2,(H,25,27)/t21-/m0/s1. The molecule has 0 unspecified atom stereocenters. The molecule has 1 saturated heterocycles. The quantitative estimate of drug-likeness (QED) is 0.717. The third-order valence-electron chi connectivity index (χ3n) is 5.41. The molecule has 1 aliphatic heterocycles. The topological polar surface area (TPSA) is 65.2 Å². The molecule has 0 saturated carbocycles. The minimum Gasteiger partial charge on any atom is -0.361 e. The smallest absolute Gasteiger partial charge is 0.251 e. The zero-order chi connectivity index (χ0) is 19.3. The molecule has 0 spiro atoms. The molecule has 5 heteroatoms. The van der Waals surface area contributed by atoms with E-state index in [0.29, 0.717) is 12.0 Å². The Bertz CT molecular complexity index is 958. The van der Waals surface area contributed by atoms with Crippen LogP contribution in [0, 0.1) is 0 Å². The maximum Gasteiger partial charge on any atom is 0.251 e. The molecule has 144 valence electrons. The molecule has 5 nitrogen and oxygen atoms in total. The number of aromatic amines is 1. The fraction of sp³-hybridized carbons (Fsp3) is 0.304. The fourth-order valence-corrected chi connectivity index (χ4v) is 3.89. The molecule has 2 N–H and O–H groups in total. The first-order chi connectivity index (χ1) is 13.7. The summed E-state index contributed by atoms with van der Waals surface area (Å²) in [6.07, 6.45) is 5.62. The van der Waals surface area contributed by atoms with Crippen molar-refractivity contribution in [2.75, 3.05) is 13.1 Å². The molecule has 28 heavy (non-hydrogen) atoms. The Hall–Kier alpha value is -3.08. The highest BCUT2D eigenvalue weighted by atomic mass is 16.2. The van der Waals surface area contributed by atoms with Crippen molar-refractivity contribution < 1.29 is 9.59 Å². The van der Waals surface area contributed by atoms with Crippen molar-refractivity contribution in [2.45, 2.75) is 31.7 Å². The molecule has 2 aromatic carbocycles. The highest BCUT2D eigenvalue weighted by Gasteiger charge is 2.28. The third kappa shape index (κ3) is 3.93. The van der Waals surface area contributed by atoms with E-state index in [1.807, 2.05) is 53.6 Å². The van der Waals surface area contributed by atoms with E-state index in [2.05, 4.69) is 10.3 Å². The first-order valence-corrected chi connectivity index (χ1v) is 9.92. The van der Waals surface area contributed by atoms with Gasteiger partial charge in [0.15, 0.2) is 0 Å². The number of benzene rings is 2. The van der Waals surface area contributed by atoms with Crippen LogP contribution in [0.4, 0.5) is 0 Å². The number of hydrogen-bond acceptors (Lipinski definition) is 2. The van der Waals surface area contributed by atoms with Crippen LogP contribution in [0.5, 0.6) is 0 Å². The first kappa shape index (κ1) is 18.3. The molecule has 0 bridgehead atoms. The molecule has 1 aromatic heterocycles. The van der Waals surface area contributed by atoms with E-state index < -0.39 is 6.04 Å². The molecule has 1 fully saturated rings. The van der Waals surface area contributed by atoms with Gasteiger partial charge in [-0.15, -0.1) is 0 Å². The number of H-pyrrole nitrogens is 1. The van der Waals surface area contributed by atoms with Gasteiger partial charge in [-0.3, -0.25) is 9.59 Å². The van der Waals surface area contributed by atoms with Crippen molar-refractivity contribution in [1.82, 2.24) is 15.2 Å². The van der Waals surface area contributed by atoms with Gasteiger partial charge in [0.05, 0.1) is 0 Å². The van der Waals surface area contributed by atoms with Crippen LogP contribution in [-0.4, -0.2) is 40.8 Å². The van der Waals surface area contributed by atoms with Crippen molar-refractivity contribution in [2.24, 2.45) is 0 Å². The second-order valence-electron chi connectivity index (χ2n) is 7.34. The number of rotatable bonds is 5. The van der Waals surface area contributed by atoms with Crippen LogP contribution in [0.25, 0.3) is 10.9 Å². The number of nitrogens with one attached hydrogen (secondary N) is 2. The van der Waals surface area contributed by atoms with Gasteiger partial charge in [0.1, 0.15) is 6.04 Å². The average Bonchev–Trinajstić information content (AvgIpc) is 3.17. The van der Waals surface area contributed by atoms with Crippen LogP contribution in [0.15, 0.2) is 60.8 Å². The van der Waals surface area contributed by atoms with Crippen molar-refractivity contribution in [3.8, 4) is 0 Å². The Morgan fingerprint density at radius 2 is 1.68 bits per heavy atom. The number of likely N-dealkylation sites (tertiary alicyclic amines) is 1. The molecular weight excluding hydrogens is 350 g/mol. The van der Waals surface area contributed by atoms with Crippen LogP contribution in [0.2, 0.25) is 0 Å². The predicted molar refractivity (Wildman–Crippen MR) is 110 cm³/mol. The predicted octanol–water partition coefficient (Wildman–Crippen LogP) is 3.52. The van der Waals surface area contributed by atoms with Gasteiger partial charge >= 0.3 is 0 Å². The summed E-state index contributed by atoms with van der Waals surface area (Å²) < 4.78 is 0. The summed E-state index contributed by atoms with van der Waals surface area (Å²) in [7, 11) is 0. The number of para-hydroxylation sites is 1. The van der Waals surface area contributed by atoms with Crippen LogP contribution in [0.1, 0.15) is 35.2 Å². The van der Waals surface area contributed by atoms with E-state index in [-0.39, 0.29) is 11.8 Å². The zero-order valence-electron chi connectivity index (χ0n) is 15.9. The summed E-state index contributed by atoms with van der Waals surface area (Å²) in [4.78, 5) is 31.1. The largest absolute Gasteiger partial charge is 0.361 e. The normalized spacial score (nSPS) is 15.4. The Labute approximate surface area is 164 Å². The zero-order valence-corrected chi connectivity index (χ0v) is 15.9. The Kier molecular flexibility index (Phi) is 5.42. The molecule has 1 aliphatic rings. The lowest BCUT2D eigenvalue weighted by Gasteiger charge is -2.30. The maximum atomic E-state index is 13.2. The number of piperidine rings is 1. The number of carbonyl (C=O) groups is 2. The number of carbonyl (C=O) groups excluding carboxylic acids is 2. The van der Waals surface area contributed by atoms with Gasteiger partial charge in [0.2, 0.25) is 5.91 Å². The number of hydrogen-bond donors (Lipinski definition) is 2. The van der Waals surface area contributed by atoms with Gasteiger partial charge in [-0.05, 0) is 43.0 Å². The lowest BCUT2D eigenvalue weighted by molar-refractivity contribution is -0.134. The summed E-state index contributed by atoms with van der Waals surface area (Å²) in [5.74, 6) is -0.204. The van der Waals surface area contributed by atoms with Crippen molar-refractivity contribution >= 4 is 22.7 Å². The highest BCUT2D eigenvalue weighted by molar-refractivity contribution is 5.98. The summed E-state index contributed by atoms with van der Waals surface area (Å²) in [6, 6.07) is 16.5. The summed E-state index contributed by atoms with van der Waals surface area (Å²) in [5, 5.41) is 4.08. The van der Waals surface area contributed by atoms with Crippen LogP contribution in [-0.2, 0) is 11.2 Å². The molecule has 0 radical (unpaired) electrons. The van der Waals surface area contributed by atoms with E-state index in [1.165, 1.54) is 0 Å². The van der Waals surface area contributed by atoms with E-state index >= 15 is 0 Å². The van der Waals surface area contributed by atoms with Crippen LogP contribution < -0.4 is 5.32 Å². The molecule has 3 aromatic rings. The van der Waals surface area contributed by atoms with Crippen molar-refractivity contribution in [3.05, 3.63) is 71.9 Å². The first-order valence-electron chi connectivity index (χ1n) is 9.92. The van der Waals surface area contributed by atoms with Crippen LogP contribution >= 0.6 is 0 Å². The lowest BCUT2D eigenvalue weighted by atomic mass is 10.0. The van der Waals surface area contributed by atoms with Crippen molar-refractivity contribution in [1.29, 1.82) is 0 Å². The van der Waals surface area contributed by atoms with E-state index in [9.17, 15) is 9.59 Å². The molecule has 2 heterocycles. The highest BCUT2D eigenvalue weighted by Crippen LogP contribution is 2.20. The summed E-state index contributed by atoms with van der Waals surface area (Å²) in [6.45, 7) is 1.54. The Morgan fingerprint density at radius 3 is 2.46 bits per heavy atom. The van der Waals surface area contributed by atoms with Gasteiger partial charge in [0.25, 0.3) is 5.91 Å².